The lowest BCUT2D eigenvalue weighted by atomic mass is 9.97. The number of thiophene rings is 1. The standard InChI is InChI=1S/C28H22N6S/c1-14(2)28-29-13-23(34-28)25-10-18-5-4-17(9-24(18)35-25)16-6-7-19-20(8-16)21-11-30-31-12-22(21)27-26(19)32-15(3)33-27/h4-14H,1-3H3,(H,29,34)(H,32,33). The van der Waals surface area contributed by atoms with Crippen molar-refractivity contribution in [3.05, 3.63) is 72.7 Å². The molecule has 4 heterocycles. The lowest BCUT2D eigenvalue weighted by Gasteiger charge is -2.08. The first-order valence-corrected chi connectivity index (χ1v) is 12.5. The minimum atomic E-state index is 0.381. The van der Waals surface area contributed by atoms with E-state index in [4.69, 9.17) is 4.98 Å². The zero-order valence-corrected chi connectivity index (χ0v) is 20.4. The van der Waals surface area contributed by atoms with E-state index in [2.05, 4.69) is 81.5 Å². The Bertz CT molecular complexity index is 1910. The largest absolute Gasteiger partial charge is 0.342 e. The maximum absolute atomic E-state index is 4.72. The van der Waals surface area contributed by atoms with Gasteiger partial charge >= 0.3 is 0 Å². The molecule has 6 nitrogen and oxygen atoms in total. The quantitative estimate of drug-likeness (QED) is 0.262. The Hall–Kier alpha value is -4.10. The average Bonchev–Trinajstić information content (AvgIpc) is 3.61. The van der Waals surface area contributed by atoms with Crippen LogP contribution in [0.4, 0.5) is 0 Å². The van der Waals surface area contributed by atoms with Crippen molar-refractivity contribution < 1.29 is 0 Å². The number of benzene rings is 3. The van der Waals surface area contributed by atoms with Crippen LogP contribution in [0.5, 0.6) is 0 Å². The zero-order valence-electron chi connectivity index (χ0n) is 19.5. The summed E-state index contributed by atoms with van der Waals surface area (Å²) in [4.78, 5) is 17.4. The summed E-state index contributed by atoms with van der Waals surface area (Å²) in [5.41, 5.74) is 5.43. The van der Waals surface area contributed by atoms with Crippen molar-refractivity contribution in [3.8, 4) is 21.7 Å². The number of nitrogens with one attached hydrogen (secondary N) is 2. The Kier molecular flexibility index (Phi) is 4.32. The van der Waals surface area contributed by atoms with Crippen LogP contribution in [-0.2, 0) is 0 Å². The number of aryl methyl sites for hydroxylation is 1. The number of fused-ring (bicyclic) bond motifs is 7. The van der Waals surface area contributed by atoms with Gasteiger partial charge in [0.2, 0.25) is 0 Å². The number of nitrogens with zero attached hydrogens (tertiary/aromatic N) is 4. The minimum Gasteiger partial charge on any atom is -0.342 e. The summed E-state index contributed by atoms with van der Waals surface area (Å²) in [7, 11) is 0. The molecule has 2 N–H and O–H groups in total. The molecule has 35 heavy (non-hydrogen) atoms. The summed E-state index contributed by atoms with van der Waals surface area (Å²) in [6, 6.07) is 15.6. The Morgan fingerprint density at radius 2 is 1.60 bits per heavy atom. The third-order valence-corrected chi connectivity index (χ3v) is 7.78. The van der Waals surface area contributed by atoms with E-state index in [1.165, 1.54) is 26.1 Å². The zero-order chi connectivity index (χ0) is 23.7. The van der Waals surface area contributed by atoms with E-state index in [0.29, 0.717) is 5.92 Å². The van der Waals surface area contributed by atoms with Crippen molar-refractivity contribution in [2.75, 3.05) is 0 Å². The number of aromatic amines is 2. The van der Waals surface area contributed by atoms with Crippen molar-refractivity contribution in [2.24, 2.45) is 0 Å². The smallest absolute Gasteiger partial charge is 0.109 e. The minimum absolute atomic E-state index is 0.381. The molecule has 7 heteroatoms. The fourth-order valence-electron chi connectivity index (χ4n) is 4.87. The topological polar surface area (TPSA) is 83.1 Å². The number of H-pyrrole nitrogens is 2. The highest BCUT2D eigenvalue weighted by atomic mass is 32.1. The fraction of sp³-hybridized carbons (Fsp3) is 0.143. The number of hydrogen-bond acceptors (Lipinski definition) is 5. The summed E-state index contributed by atoms with van der Waals surface area (Å²) in [5, 5.41) is 13.9. The lowest BCUT2D eigenvalue weighted by Crippen LogP contribution is -1.88. The van der Waals surface area contributed by atoms with Crippen LogP contribution >= 0.6 is 11.3 Å². The molecule has 0 aliphatic carbocycles. The second-order valence-electron chi connectivity index (χ2n) is 9.32. The SMILES string of the molecule is Cc1nc2c3cnncc3c3cc(-c4ccc5cc(-c6cnc(C(C)C)[nH]6)sc5c4)ccc3c2[nH]1. The maximum atomic E-state index is 4.72. The molecule has 0 saturated carbocycles. The van der Waals surface area contributed by atoms with Gasteiger partial charge in [-0.15, -0.1) is 11.3 Å². The fourth-order valence-corrected chi connectivity index (χ4v) is 5.94. The third kappa shape index (κ3) is 3.15. The van der Waals surface area contributed by atoms with Gasteiger partial charge in [0.1, 0.15) is 11.6 Å². The van der Waals surface area contributed by atoms with E-state index in [1.54, 1.807) is 11.3 Å². The van der Waals surface area contributed by atoms with Gasteiger partial charge in [-0.1, -0.05) is 38.1 Å². The lowest BCUT2D eigenvalue weighted by molar-refractivity contribution is 0.795. The number of aromatic nitrogens is 6. The van der Waals surface area contributed by atoms with Crippen LogP contribution in [0, 0.1) is 6.92 Å². The maximum Gasteiger partial charge on any atom is 0.109 e. The van der Waals surface area contributed by atoms with Gasteiger partial charge in [0.15, 0.2) is 0 Å². The van der Waals surface area contributed by atoms with Gasteiger partial charge in [0, 0.05) is 26.8 Å². The summed E-state index contributed by atoms with van der Waals surface area (Å²) in [6.07, 6.45) is 5.59. The van der Waals surface area contributed by atoms with Crippen molar-refractivity contribution in [1.29, 1.82) is 0 Å². The second-order valence-corrected chi connectivity index (χ2v) is 10.4. The first-order valence-electron chi connectivity index (χ1n) is 11.7. The predicted octanol–water partition coefficient (Wildman–Crippen LogP) is 7.36. The number of imidazole rings is 2. The van der Waals surface area contributed by atoms with Crippen LogP contribution in [0.25, 0.3) is 64.4 Å². The average molecular weight is 475 g/mol. The van der Waals surface area contributed by atoms with E-state index >= 15 is 0 Å². The molecule has 0 fully saturated rings. The first-order chi connectivity index (χ1) is 17.0. The van der Waals surface area contributed by atoms with Gasteiger partial charge in [0.25, 0.3) is 0 Å². The molecular formula is C28H22N6S. The monoisotopic (exact) mass is 474 g/mol. The Labute approximate surface area is 205 Å². The highest BCUT2D eigenvalue weighted by Gasteiger charge is 2.14. The molecule has 7 aromatic rings. The highest BCUT2D eigenvalue weighted by molar-refractivity contribution is 7.22. The summed E-state index contributed by atoms with van der Waals surface area (Å²) in [5.74, 6) is 2.30. The molecule has 3 aromatic carbocycles. The van der Waals surface area contributed by atoms with Gasteiger partial charge in [-0.05, 0) is 47.0 Å². The van der Waals surface area contributed by atoms with Crippen LogP contribution < -0.4 is 0 Å². The van der Waals surface area contributed by atoms with E-state index in [0.717, 1.165) is 49.9 Å². The second kappa shape index (κ2) is 7.45. The normalized spacial score (nSPS) is 12.1. The van der Waals surface area contributed by atoms with Crippen molar-refractivity contribution >= 4 is 54.0 Å². The van der Waals surface area contributed by atoms with Gasteiger partial charge in [-0.3, -0.25) is 0 Å². The van der Waals surface area contributed by atoms with Crippen LogP contribution in [-0.4, -0.2) is 30.1 Å². The molecule has 0 saturated heterocycles. The van der Waals surface area contributed by atoms with Crippen LogP contribution in [0.1, 0.15) is 31.4 Å². The molecule has 170 valence electrons. The third-order valence-electron chi connectivity index (χ3n) is 6.65. The van der Waals surface area contributed by atoms with Crippen molar-refractivity contribution in [2.45, 2.75) is 26.7 Å². The van der Waals surface area contributed by atoms with Crippen molar-refractivity contribution in [3.63, 3.8) is 0 Å². The van der Waals surface area contributed by atoms with E-state index in [1.807, 2.05) is 25.5 Å². The molecule has 0 unspecified atom stereocenters. The molecule has 0 spiro atoms. The number of hydrogen-bond donors (Lipinski definition) is 2. The van der Waals surface area contributed by atoms with Crippen molar-refractivity contribution in [1.82, 2.24) is 30.1 Å². The molecule has 4 aromatic heterocycles. The Morgan fingerprint density at radius 3 is 2.43 bits per heavy atom. The van der Waals surface area contributed by atoms with Crippen LogP contribution in [0.2, 0.25) is 0 Å². The van der Waals surface area contributed by atoms with Crippen LogP contribution in [0.15, 0.2) is 61.1 Å². The summed E-state index contributed by atoms with van der Waals surface area (Å²) in [6.45, 7) is 6.29. The van der Waals surface area contributed by atoms with E-state index in [9.17, 15) is 0 Å². The van der Waals surface area contributed by atoms with E-state index in [-0.39, 0.29) is 0 Å². The van der Waals surface area contributed by atoms with Crippen LogP contribution in [0.3, 0.4) is 0 Å². The van der Waals surface area contributed by atoms with Gasteiger partial charge in [-0.25, -0.2) is 9.97 Å². The molecule has 7 rings (SSSR count). The Morgan fingerprint density at radius 1 is 0.800 bits per heavy atom. The summed E-state index contributed by atoms with van der Waals surface area (Å²) < 4.78 is 1.26. The predicted molar refractivity (Wildman–Crippen MR) is 144 cm³/mol. The molecule has 0 bridgehead atoms. The molecule has 0 amide bonds. The molecule has 0 atom stereocenters. The molecule has 0 radical (unpaired) electrons. The molecule has 0 aliphatic rings. The molecular weight excluding hydrogens is 452 g/mol. The Balaban J connectivity index is 1.38. The van der Waals surface area contributed by atoms with Gasteiger partial charge in [0.05, 0.1) is 40.2 Å². The first kappa shape index (κ1) is 20.3. The van der Waals surface area contributed by atoms with Gasteiger partial charge < -0.3 is 9.97 Å². The number of rotatable bonds is 3. The molecule has 0 aliphatic heterocycles. The highest BCUT2D eigenvalue weighted by Crippen LogP contribution is 2.38. The van der Waals surface area contributed by atoms with Gasteiger partial charge in [-0.2, -0.15) is 10.2 Å². The summed E-state index contributed by atoms with van der Waals surface area (Å²) >= 11 is 1.79. The van der Waals surface area contributed by atoms with E-state index < -0.39 is 0 Å².